The van der Waals surface area contributed by atoms with Crippen LogP contribution >= 0.6 is 0 Å². The predicted molar refractivity (Wildman–Crippen MR) is 111 cm³/mol. The molecule has 30 heavy (non-hydrogen) atoms. The first-order valence-corrected chi connectivity index (χ1v) is 10.1. The number of rotatable bonds is 5. The van der Waals surface area contributed by atoms with Crippen LogP contribution in [0.25, 0.3) is 0 Å². The molecule has 0 bridgehead atoms. The number of amides is 2. The minimum atomic E-state index is -0.380. The van der Waals surface area contributed by atoms with E-state index >= 15 is 0 Å². The minimum absolute atomic E-state index is 0.0331. The van der Waals surface area contributed by atoms with Crippen LogP contribution in [0, 0.1) is 11.7 Å². The van der Waals surface area contributed by atoms with E-state index in [4.69, 9.17) is 4.42 Å². The number of para-hydroxylation sites is 1. The van der Waals surface area contributed by atoms with Gasteiger partial charge in [0.25, 0.3) is 5.91 Å². The summed E-state index contributed by atoms with van der Waals surface area (Å²) in [6.07, 6.45) is 3.05. The van der Waals surface area contributed by atoms with E-state index in [0.29, 0.717) is 37.4 Å². The Hall–Kier alpha value is -3.41. The van der Waals surface area contributed by atoms with Gasteiger partial charge in [0.05, 0.1) is 18.7 Å². The smallest absolute Gasteiger partial charge is 0.253 e. The summed E-state index contributed by atoms with van der Waals surface area (Å²) in [6, 6.07) is 18.6. The fraction of sp³-hybridized carbons (Fsp3) is 0.250. The molecule has 1 unspecified atom stereocenters. The van der Waals surface area contributed by atoms with E-state index < -0.39 is 0 Å². The number of carbonyl (C=O) groups excluding carboxylic acids is 2. The highest BCUT2D eigenvalue weighted by atomic mass is 19.1. The van der Waals surface area contributed by atoms with Gasteiger partial charge in [-0.1, -0.05) is 18.2 Å². The molecule has 0 N–H and O–H groups in total. The van der Waals surface area contributed by atoms with E-state index in [1.807, 2.05) is 36.4 Å². The van der Waals surface area contributed by atoms with Crippen LogP contribution in [0.1, 0.15) is 29.0 Å². The molecule has 0 radical (unpaired) electrons. The zero-order valence-electron chi connectivity index (χ0n) is 16.5. The lowest BCUT2D eigenvalue weighted by Crippen LogP contribution is -2.46. The fourth-order valence-electron chi connectivity index (χ4n) is 3.82. The largest absolute Gasteiger partial charge is 0.467 e. The van der Waals surface area contributed by atoms with E-state index in [1.165, 1.54) is 24.3 Å². The van der Waals surface area contributed by atoms with Crippen molar-refractivity contribution in [3.63, 3.8) is 0 Å². The van der Waals surface area contributed by atoms with Crippen molar-refractivity contribution in [2.45, 2.75) is 19.4 Å². The minimum Gasteiger partial charge on any atom is -0.467 e. The van der Waals surface area contributed by atoms with Crippen LogP contribution in [0.3, 0.4) is 0 Å². The van der Waals surface area contributed by atoms with Crippen molar-refractivity contribution < 1.29 is 18.4 Å². The SMILES string of the molecule is O=C(c1ccc(F)cc1)N1CCCC(C(=O)N(Cc2ccco2)c2ccccc2)C1. The van der Waals surface area contributed by atoms with Gasteiger partial charge < -0.3 is 14.2 Å². The highest BCUT2D eigenvalue weighted by molar-refractivity contribution is 5.97. The van der Waals surface area contributed by atoms with Crippen LogP contribution in [0.15, 0.2) is 77.4 Å². The van der Waals surface area contributed by atoms with E-state index in [-0.39, 0.29) is 23.5 Å². The number of benzene rings is 2. The highest BCUT2D eigenvalue weighted by Crippen LogP contribution is 2.25. The summed E-state index contributed by atoms with van der Waals surface area (Å²) in [5, 5.41) is 0. The van der Waals surface area contributed by atoms with Crippen molar-refractivity contribution in [3.05, 3.63) is 90.1 Å². The topological polar surface area (TPSA) is 53.8 Å². The number of hydrogen-bond acceptors (Lipinski definition) is 3. The second kappa shape index (κ2) is 8.95. The number of likely N-dealkylation sites (tertiary alicyclic amines) is 1. The standard InChI is InChI=1S/C24H23FN2O3/c25-20-12-10-18(11-13-20)23(28)26-14-4-6-19(16-26)24(29)27(17-22-9-5-15-30-22)21-7-2-1-3-8-21/h1-3,5,7-13,15,19H,4,6,14,16-17H2. The van der Waals surface area contributed by atoms with Crippen molar-refractivity contribution >= 4 is 17.5 Å². The first kappa shape index (κ1) is 19.9. The van der Waals surface area contributed by atoms with Crippen molar-refractivity contribution in [2.24, 2.45) is 5.92 Å². The number of nitrogens with zero attached hydrogens (tertiary/aromatic N) is 2. The van der Waals surface area contributed by atoms with E-state index in [9.17, 15) is 14.0 Å². The van der Waals surface area contributed by atoms with Crippen LogP contribution in [-0.2, 0) is 11.3 Å². The van der Waals surface area contributed by atoms with Gasteiger partial charge in [-0.05, 0) is 61.4 Å². The third-order valence-corrected chi connectivity index (χ3v) is 5.38. The van der Waals surface area contributed by atoms with Crippen LogP contribution in [0.2, 0.25) is 0 Å². The van der Waals surface area contributed by atoms with Gasteiger partial charge in [0, 0.05) is 24.3 Å². The molecule has 0 aliphatic carbocycles. The second-order valence-corrected chi connectivity index (χ2v) is 7.44. The zero-order valence-corrected chi connectivity index (χ0v) is 16.5. The van der Waals surface area contributed by atoms with Gasteiger partial charge >= 0.3 is 0 Å². The average molecular weight is 406 g/mol. The average Bonchev–Trinajstić information content (AvgIpc) is 3.31. The Kier molecular flexibility index (Phi) is 5.93. The van der Waals surface area contributed by atoms with E-state index in [2.05, 4.69) is 0 Å². The number of hydrogen-bond donors (Lipinski definition) is 0. The number of halogens is 1. The maximum absolute atomic E-state index is 13.5. The third-order valence-electron chi connectivity index (χ3n) is 5.38. The number of carbonyl (C=O) groups is 2. The van der Waals surface area contributed by atoms with Crippen molar-refractivity contribution in [1.29, 1.82) is 0 Å². The van der Waals surface area contributed by atoms with Crippen molar-refractivity contribution in [3.8, 4) is 0 Å². The summed E-state index contributed by atoms with van der Waals surface area (Å²) in [4.78, 5) is 29.7. The fourth-order valence-corrected chi connectivity index (χ4v) is 3.82. The van der Waals surface area contributed by atoms with E-state index in [1.54, 1.807) is 22.1 Å². The monoisotopic (exact) mass is 406 g/mol. The molecule has 1 aliphatic rings. The Morgan fingerprint density at radius 3 is 2.50 bits per heavy atom. The molecule has 3 aromatic rings. The van der Waals surface area contributed by atoms with Crippen LogP contribution in [0.5, 0.6) is 0 Å². The van der Waals surface area contributed by atoms with Gasteiger partial charge in [0.15, 0.2) is 0 Å². The molecular weight excluding hydrogens is 383 g/mol. The lowest BCUT2D eigenvalue weighted by atomic mass is 9.95. The maximum atomic E-state index is 13.5. The van der Waals surface area contributed by atoms with Crippen LogP contribution in [0.4, 0.5) is 10.1 Å². The molecule has 1 aliphatic heterocycles. The summed E-state index contributed by atoms with van der Waals surface area (Å²) in [6.45, 7) is 1.26. The molecule has 1 saturated heterocycles. The van der Waals surface area contributed by atoms with Gasteiger partial charge in [0.1, 0.15) is 11.6 Å². The lowest BCUT2D eigenvalue weighted by molar-refractivity contribution is -0.123. The molecule has 154 valence electrons. The molecule has 1 fully saturated rings. The van der Waals surface area contributed by atoms with Crippen molar-refractivity contribution in [2.75, 3.05) is 18.0 Å². The molecule has 0 saturated carbocycles. The van der Waals surface area contributed by atoms with Crippen molar-refractivity contribution in [1.82, 2.24) is 4.90 Å². The Balaban J connectivity index is 1.52. The number of furan rings is 1. The first-order valence-electron chi connectivity index (χ1n) is 10.1. The molecule has 2 aromatic carbocycles. The molecule has 0 spiro atoms. The van der Waals surface area contributed by atoms with Gasteiger partial charge in [0.2, 0.25) is 5.91 Å². The molecular formula is C24H23FN2O3. The van der Waals surface area contributed by atoms with Crippen LogP contribution < -0.4 is 4.90 Å². The second-order valence-electron chi connectivity index (χ2n) is 7.44. The molecule has 2 heterocycles. The van der Waals surface area contributed by atoms with E-state index in [0.717, 1.165) is 12.1 Å². The predicted octanol–water partition coefficient (Wildman–Crippen LogP) is 4.50. The van der Waals surface area contributed by atoms with Gasteiger partial charge in [-0.15, -0.1) is 0 Å². The van der Waals surface area contributed by atoms with Gasteiger partial charge in [-0.2, -0.15) is 0 Å². The summed E-state index contributed by atoms with van der Waals surface area (Å²) in [7, 11) is 0. The third kappa shape index (κ3) is 4.43. The highest BCUT2D eigenvalue weighted by Gasteiger charge is 2.32. The molecule has 4 rings (SSSR count). The normalized spacial score (nSPS) is 16.3. The first-order chi connectivity index (χ1) is 14.6. The molecule has 1 atom stereocenters. The quantitative estimate of drug-likeness (QED) is 0.627. The molecule has 1 aromatic heterocycles. The summed E-state index contributed by atoms with van der Waals surface area (Å²) < 4.78 is 18.6. The van der Waals surface area contributed by atoms with Crippen LogP contribution in [-0.4, -0.2) is 29.8 Å². The van der Waals surface area contributed by atoms with Gasteiger partial charge in [-0.3, -0.25) is 9.59 Å². The molecule has 2 amide bonds. The molecule has 6 heteroatoms. The summed E-state index contributed by atoms with van der Waals surface area (Å²) in [5.74, 6) is -0.200. The maximum Gasteiger partial charge on any atom is 0.253 e. The lowest BCUT2D eigenvalue weighted by Gasteiger charge is -2.35. The Labute approximate surface area is 174 Å². The zero-order chi connectivity index (χ0) is 20.9. The Bertz CT molecular complexity index is 987. The number of anilines is 1. The number of piperidine rings is 1. The summed E-state index contributed by atoms with van der Waals surface area (Å²) in [5.41, 5.74) is 1.22. The summed E-state index contributed by atoms with van der Waals surface area (Å²) >= 11 is 0. The Morgan fingerprint density at radius 2 is 1.80 bits per heavy atom. The molecule has 5 nitrogen and oxygen atoms in total. The Morgan fingerprint density at radius 1 is 1.03 bits per heavy atom. The van der Waals surface area contributed by atoms with Gasteiger partial charge in [-0.25, -0.2) is 4.39 Å².